The standard InChI is InChI=1S/C18H16FN3O3/c1-3-25-18(24)14-8-15-16(21-11(14)2)6-7-22(17(15)23)10-13-5-4-12(19)9-20-13/h4-9H,3,10H2,1-2H3. The Morgan fingerprint density at radius 3 is 2.80 bits per heavy atom. The molecule has 0 amide bonds. The highest BCUT2D eigenvalue weighted by Gasteiger charge is 2.15. The Kier molecular flexibility index (Phi) is 4.56. The van der Waals surface area contributed by atoms with Crippen molar-refractivity contribution in [3.8, 4) is 0 Å². The molecular weight excluding hydrogens is 325 g/mol. The van der Waals surface area contributed by atoms with Gasteiger partial charge in [0.1, 0.15) is 5.82 Å². The lowest BCUT2D eigenvalue weighted by atomic mass is 10.1. The van der Waals surface area contributed by atoms with Crippen LogP contribution in [0, 0.1) is 12.7 Å². The lowest BCUT2D eigenvalue weighted by molar-refractivity contribution is 0.0525. The monoisotopic (exact) mass is 341 g/mol. The summed E-state index contributed by atoms with van der Waals surface area (Å²) in [6, 6.07) is 6.01. The normalized spacial score (nSPS) is 10.8. The molecule has 0 atom stereocenters. The molecule has 0 aromatic carbocycles. The van der Waals surface area contributed by atoms with Crippen molar-refractivity contribution in [2.45, 2.75) is 20.4 Å². The van der Waals surface area contributed by atoms with E-state index in [4.69, 9.17) is 4.74 Å². The van der Waals surface area contributed by atoms with Gasteiger partial charge in [-0.25, -0.2) is 9.18 Å². The average Bonchev–Trinajstić information content (AvgIpc) is 2.59. The quantitative estimate of drug-likeness (QED) is 0.682. The summed E-state index contributed by atoms with van der Waals surface area (Å²) in [6.45, 7) is 3.84. The SMILES string of the molecule is CCOC(=O)c1cc2c(=O)n(Cc3ccc(F)cn3)ccc2nc1C. The van der Waals surface area contributed by atoms with Gasteiger partial charge in [-0.2, -0.15) is 0 Å². The predicted molar refractivity (Wildman–Crippen MR) is 90.0 cm³/mol. The van der Waals surface area contributed by atoms with Gasteiger partial charge >= 0.3 is 5.97 Å². The summed E-state index contributed by atoms with van der Waals surface area (Å²) in [6.07, 6.45) is 2.71. The molecule has 128 valence electrons. The fraction of sp³-hybridized carbons (Fsp3) is 0.222. The van der Waals surface area contributed by atoms with Crippen LogP contribution >= 0.6 is 0 Å². The van der Waals surface area contributed by atoms with Gasteiger partial charge in [0.2, 0.25) is 0 Å². The largest absolute Gasteiger partial charge is 0.462 e. The number of pyridine rings is 3. The lowest BCUT2D eigenvalue weighted by Crippen LogP contribution is -2.21. The third-order valence-corrected chi connectivity index (χ3v) is 3.76. The number of hydrogen-bond acceptors (Lipinski definition) is 5. The van der Waals surface area contributed by atoms with E-state index in [1.165, 1.54) is 22.8 Å². The number of carbonyl (C=O) groups is 1. The molecule has 3 aromatic rings. The Morgan fingerprint density at radius 2 is 2.12 bits per heavy atom. The first-order valence-corrected chi connectivity index (χ1v) is 7.78. The Balaban J connectivity index is 2.06. The van der Waals surface area contributed by atoms with Gasteiger partial charge in [-0.1, -0.05) is 0 Å². The summed E-state index contributed by atoms with van der Waals surface area (Å²) >= 11 is 0. The highest BCUT2D eigenvalue weighted by atomic mass is 19.1. The molecule has 0 radical (unpaired) electrons. The first kappa shape index (κ1) is 16.8. The van der Waals surface area contributed by atoms with E-state index in [0.29, 0.717) is 22.3 Å². The van der Waals surface area contributed by atoms with Gasteiger partial charge in [0, 0.05) is 6.20 Å². The molecule has 6 nitrogen and oxygen atoms in total. The molecule has 0 bridgehead atoms. The molecule has 7 heteroatoms. The van der Waals surface area contributed by atoms with Crippen LogP contribution in [-0.2, 0) is 11.3 Å². The van der Waals surface area contributed by atoms with E-state index < -0.39 is 11.8 Å². The number of esters is 1. The van der Waals surface area contributed by atoms with Crippen molar-refractivity contribution in [3.05, 3.63) is 69.8 Å². The van der Waals surface area contributed by atoms with E-state index in [1.807, 2.05) is 0 Å². The van der Waals surface area contributed by atoms with E-state index in [1.54, 1.807) is 26.1 Å². The Morgan fingerprint density at radius 1 is 1.32 bits per heavy atom. The van der Waals surface area contributed by atoms with Crippen LogP contribution in [0.3, 0.4) is 0 Å². The van der Waals surface area contributed by atoms with Crippen molar-refractivity contribution in [3.63, 3.8) is 0 Å². The van der Waals surface area contributed by atoms with Crippen molar-refractivity contribution in [1.29, 1.82) is 0 Å². The summed E-state index contributed by atoms with van der Waals surface area (Å²) in [5, 5.41) is 0.318. The van der Waals surface area contributed by atoms with Crippen LogP contribution in [0.1, 0.15) is 28.7 Å². The molecule has 25 heavy (non-hydrogen) atoms. The van der Waals surface area contributed by atoms with E-state index in [2.05, 4.69) is 9.97 Å². The molecular formula is C18H16FN3O3. The molecule has 0 saturated heterocycles. The lowest BCUT2D eigenvalue weighted by Gasteiger charge is -2.09. The fourth-order valence-electron chi connectivity index (χ4n) is 2.52. The number of halogens is 1. The molecule has 3 heterocycles. The number of ether oxygens (including phenoxy) is 1. The van der Waals surface area contributed by atoms with Crippen molar-refractivity contribution in [1.82, 2.24) is 14.5 Å². The molecule has 0 unspecified atom stereocenters. The average molecular weight is 341 g/mol. The molecule has 0 aliphatic carbocycles. The minimum atomic E-state index is -0.510. The number of hydrogen-bond donors (Lipinski definition) is 0. The van der Waals surface area contributed by atoms with Crippen LogP contribution in [0.4, 0.5) is 4.39 Å². The minimum absolute atomic E-state index is 0.192. The van der Waals surface area contributed by atoms with Gasteiger partial charge in [0.05, 0.1) is 47.2 Å². The van der Waals surface area contributed by atoms with Gasteiger partial charge in [-0.3, -0.25) is 14.8 Å². The Hall–Kier alpha value is -3.09. The highest BCUT2D eigenvalue weighted by molar-refractivity contribution is 5.94. The van der Waals surface area contributed by atoms with Crippen molar-refractivity contribution >= 4 is 16.9 Å². The van der Waals surface area contributed by atoms with Gasteiger partial charge in [0.25, 0.3) is 5.56 Å². The van der Waals surface area contributed by atoms with Crippen LogP contribution < -0.4 is 5.56 Å². The second-order valence-corrected chi connectivity index (χ2v) is 5.49. The van der Waals surface area contributed by atoms with Crippen molar-refractivity contribution in [2.24, 2.45) is 0 Å². The van der Waals surface area contributed by atoms with E-state index in [9.17, 15) is 14.0 Å². The van der Waals surface area contributed by atoms with Crippen LogP contribution in [0.2, 0.25) is 0 Å². The number of aryl methyl sites for hydroxylation is 1. The Labute approximate surface area is 142 Å². The van der Waals surface area contributed by atoms with E-state index in [0.717, 1.165) is 6.20 Å². The summed E-state index contributed by atoms with van der Waals surface area (Å²) < 4.78 is 19.4. The highest BCUT2D eigenvalue weighted by Crippen LogP contribution is 2.15. The molecule has 0 aliphatic rings. The molecule has 0 fully saturated rings. The molecule has 0 spiro atoms. The van der Waals surface area contributed by atoms with Gasteiger partial charge in [-0.15, -0.1) is 0 Å². The molecule has 0 saturated carbocycles. The molecule has 3 rings (SSSR count). The number of fused-ring (bicyclic) bond motifs is 1. The maximum atomic E-state index is 13.0. The second-order valence-electron chi connectivity index (χ2n) is 5.49. The maximum Gasteiger partial charge on any atom is 0.339 e. The summed E-state index contributed by atoms with van der Waals surface area (Å²) in [5.41, 5.74) is 1.52. The van der Waals surface area contributed by atoms with E-state index >= 15 is 0 Å². The third kappa shape index (κ3) is 3.40. The first-order chi connectivity index (χ1) is 12.0. The first-order valence-electron chi connectivity index (χ1n) is 7.78. The van der Waals surface area contributed by atoms with Crippen molar-refractivity contribution < 1.29 is 13.9 Å². The van der Waals surface area contributed by atoms with Gasteiger partial charge in [-0.05, 0) is 38.1 Å². The third-order valence-electron chi connectivity index (χ3n) is 3.76. The smallest absolute Gasteiger partial charge is 0.339 e. The topological polar surface area (TPSA) is 74.1 Å². The maximum absolute atomic E-state index is 13.0. The number of aromatic nitrogens is 3. The zero-order valence-corrected chi connectivity index (χ0v) is 13.8. The summed E-state index contributed by atoms with van der Waals surface area (Å²) in [7, 11) is 0. The minimum Gasteiger partial charge on any atom is -0.462 e. The zero-order chi connectivity index (χ0) is 18.0. The molecule has 0 aliphatic heterocycles. The number of nitrogens with zero attached hydrogens (tertiary/aromatic N) is 3. The second kappa shape index (κ2) is 6.80. The van der Waals surface area contributed by atoms with Crippen molar-refractivity contribution in [2.75, 3.05) is 6.61 Å². The van der Waals surface area contributed by atoms with Crippen LogP contribution in [0.25, 0.3) is 10.9 Å². The summed E-state index contributed by atoms with van der Waals surface area (Å²) in [5.74, 6) is -0.947. The fourth-order valence-corrected chi connectivity index (χ4v) is 2.52. The molecule has 0 N–H and O–H groups in total. The van der Waals surface area contributed by atoms with Crippen LogP contribution in [0.15, 0.2) is 41.5 Å². The van der Waals surface area contributed by atoms with Gasteiger partial charge < -0.3 is 9.30 Å². The van der Waals surface area contributed by atoms with E-state index in [-0.39, 0.29) is 24.3 Å². The molecule has 3 aromatic heterocycles. The van der Waals surface area contributed by atoms with Gasteiger partial charge in [0.15, 0.2) is 0 Å². The predicted octanol–water partition coefficient (Wildman–Crippen LogP) is 2.46. The summed E-state index contributed by atoms with van der Waals surface area (Å²) in [4.78, 5) is 33.0. The number of rotatable bonds is 4. The number of carbonyl (C=O) groups excluding carboxylic acids is 1. The zero-order valence-electron chi connectivity index (χ0n) is 13.8. The van der Waals surface area contributed by atoms with Crippen LogP contribution in [0.5, 0.6) is 0 Å². The Bertz CT molecular complexity index is 997. The van der Waals surface area contributed by atoms with Crippen LogP contribution in [-0.4, -0.2) is 27.1 Å².